The van der Waals surface area contributed by atoms with Gasteiger partial charge in [0.25, 0.3) is 11.7 Å². The van der Waals surface area contributed by atoms with Gasteiger partial charge in [0.2, 0.25) is 0 Å². The molecule has 190 valence electrons. The number of likely N-dealkylation sites (tertiary alicyclic amines) is 1. The Labute approximate surface area is 214 Å². The van der Waals surface area contributed by atoms with Crippen molar-refractivity contribution < 1.29 is 34.0 Å². The molecule has 0 unspecified atom stereocenters. The van der Waals surface area contributed by atoms with Crippen LogP contribution in [-0.2, 0) is 16.0 Å². The molecule has 3 aromatic carbocycles. The Bertz CT molecular complexity index is 1370. The molecule has 5 rings (SSSR count). The van der Waals surface area contributed by atoms with E-state index in [1.54, 1.807) is 37.3 Å². The minimum atomic E-state index is -0.878. The normalized spacial score (nSPS) is 18.2. The summed E-state index contributed by atoms with van der Waals surface area (Å²) in [5.41, 5.74) is 1.84. The molecule has 8 heteroatoms. The number of fused-ring (bicyclic) bond motifs is 1. The Morgan fingerprint density at radius 1 is 1.00 bits per heavy atom. The molecular weight excluding hydrogens is 474 g/mol. The second-order valence-corrected chi connectivity index (χ2v) is 8.75. The molecule has 0 bridgehead atoms. The van der Waals surface area contributed by atoms with Gasteiger partial charge in [-0.2, -0.15) is 0 Å². The van der Waals surface area contributed by atoms with E-state index in [9.17, 15) is 19.8 Å². The largest absolute Gasteiger partial charge is 0.507 e. The van der Waals surface area contributed by atoms with Crippen molar-refractivity contribution in [2.45, 2.75) is 19.4 Å². The van der Waals surface area contributed by atoms with Crippen molar-refractivity contribution in [1.29, 1.82) is 0 Å². The maximum atomic E-state index is 13.3. The van der Waals surface area contributed by atoms with Gasteiger partial charge in [-0.25, -0.2) is 0 Å². The molecule has 37 heavy (non-hydrogen) atoms. The van der Waals surface area contributed by atoms with Crippen LogP contribution in [0.2, 0.25) is 0 Å². The van der Waals surface area contributed by atoms with E-state index < -0.39 is 17.7 Å². The maximum absolute atomic E-state index is 13.3. The van der Waals surface area contributed by atoms with Gasteiger partial charge in [0.1, 0.15) is 19.0 Å². The Morgan fingerprint density at radius 2 is 1.76 bits per heavy atom. The molecule has 1 amide bonds. The third-order valence-corrected chi connectivity index (χ3v) is 6.44. The third kappa shape index (κ3) is 4.70. The van der Waals surface area contributed by atoms with E-state index in [2.05, 4.69) is 0 Å². The molecule has 8 nitrogen and oxygen atoms in total. The van der Waals surface area contributed by atoms with Crippen LogP contribution >= 0.6 is 0 Å². The van der Waals surface area contributed by atoms with Crippen molar-refractivity contribution in [1.82, 2.24) is 4.90 Å². The summed E-state index contributed by atoms with van der Waals surface area (Å²) in [6.45, 7) is 3.16. The fraction of sp³-hybridized carbons (Fsp3) is 0.241. The zero-order chi connectivity index (χ0) is 25.9. The minimum absolute atomic E-state index is 0.0390. The average Bonchev–Trinajstić information content (AvgIpc) is 3.18. The molecule has 2 aliphatic rings. The monoisotopic (exact) mass is 501 g/mol. The van der Waals surface area contributed by atoms with Gasteiger partial charge in [-0.1, -0.05) is 36.4 Å². The Morgan fingerprint density at radius 3 is 2.51 bits per heavy atom. The van der Waals surface area contributed by atoms with E-state index >= 15 is 0 Å². The Hall–Kier alpha value is -4.46. The fourth-order valence-electron chi connectivity index (χ4n) is 4.67. The topological polar surface area (TPSA) is 106 Å². The summed E-state index contributed by atoms with van der Waals surface area (Å²) in [4.78, 5) is 28.1. The minimum Gasteiger partial charge on any atom is -0.507 e. The number of aliphatic hydroxyl groups is 1. The first-order valence-electron chi connectivity index (χ1n) is 12.2. The molecule has 1 fully saturated rings. The summed E-state index contributed by atoms with van der Waals surface area (Å²) in [7, 11) is 0. The number of benzene rings is 3. The summed E-state index contributed by atoms with van der Waals surface area (Å²) in [5, 5.41) is 21.6. The summed E-state index contributed by atoms with van der Waals surface area (Å²) in [5.74, 6) is -0.626. The van der Waals surface area contributed by atoms with E-state index in [-0.39, 0.29) is 29.4 Å². The van der Waals surface area contributed by atoms with Crippen LogP contribution in [0, 0.1) is 0 Å². The number of carbonyl (C=O) groups is 2. The predicted molar refractivity (Wildman–Crippen MR) is 136 cm³/mol. The van der Waals surface area contributed by atoms with Crippen molar-refractivity contribution in [2.75, 3.05) is 26.4 Å². The Kier molecular flexibility index (Phi) is 6.72. The number of aromatic hydroxyl groups is 1. The van der Waals surface area contributed by atoms with Crippen LogP contribution < -0.4 is 14.2 Å². The quantitative estimate of drug-likeness (QED) is 0.284. The van der Waals surface area contributed by atoms with Gasteiger partial charge in [0.15, 0.2) is 23.0 Å². The van der Waals surface area contributed by atoms with Crippen LogP contribution in [0.1, 0.15) is 29.7 Å². The molecule has 0 spiro atoms. The fourth-order valence-corrected chi connectivity index (χ4v) is 4.67. The van der Waals surface area contributed by atoms with Gasteiger partial charge < -0.3 is 29.3 Å². The zero-order valence-corrected chi connectivity index (χ0v) is 20.3. The molecule has 0 aliphatic carbocycles. The molecule has 2 aliphatic heterocycles. The molecule has 2 N–H and O–H groups in total. The zero-order valence-electron chi connectivity index (χ0n) is 20.3. The highest BCUT2D eigenvalue weighted by Crippen LogP contribution is 2.43. The maximum Gasteiger partial charge on any atom is 0.295 e. The summed E-state index contributed by atoms with van der Waals surface area (Å²) in [6, 6.07) is 18.3. The van der Waals surface area contributed by atoms with Gasteiger partial charge in [-0.05, 0) is 54.8 Å². The number of phenolic OH excluding ortho intramolecular Hbond substituents is 1. The van der Waals surface area contributed by atoms with Crippen molar-refractivity contribution in [2.24, 2.45) is 0 Å². The SMILES string of the molecule is CCOc1cc([C@H]2/C(=C(\O)c3ccc4c(c3)OCCO4)C(=O)C(=O)N2CCc2ccccc2)ccc1O. The van der Waals surface area contributed by atoms with Crippen LogP contribution in [0.3, 0.4) is 0 Å². The highest BCUT2D eigenvalue weighted by Gasteiger charge is 2.46. The number of ketones is 1. The van der Waals surface area contributed by atoms with E-state index in [0.717, 1.165) is 5.56 Å². The first kappa shape index (κ1) is 24.2. The highest BCUT2D eigenvalue weighted by atomic mass is 16.6. The standard InChI is InChI=1S/C29H27NO7/c1-2-35-23-16-19(8-10-21(23)31)26-25(27(32)20-9-11-22-24(17-20)37-15-14-36-22)28(33)29(34)30(26)13-12-18-6-4-3-5-7-18/h3-11,16-17,26,31-32H,2,12-15H2,1H3/b27-25+/t26-/m0/s1. The van der Waals surface area contributed by atoms with Crippen LogP contribution in [0.25, 0.3) is 5.76 Å². The smallest absolute Gasteiger partial charge is 0.295 e. The van der Waals surface area contributed by atoms with Crippen molar-refractivity contribution in [3.63, 3.8) is 0 Å². The number of rotatable bonds is 7. The third-order valence-electron chi connectivity index (χ3n) is 6.44. The summed E-state index contributed by atoms with van der Waals surface area (Å²) >= 11 is 0. The highest BCUT2D eigenvalue weighted by molar-refractivity contribution is 6.46. The summed E-state index contributed by atoms with van der Waals surface area (Å²) < 4.78 is 16.7. The number of hydrogen-bond acceptors (Lipinski definition) is 7. The number of carbonyl (C=O) groups excluding carboxylic acids is 2. The lowest BCUT2D eigenvalue weighted by molar-refractivity contribution is -0.139. The van der Waals surface area contributed by atoms with Crippen molar-refractivity contribution >= 4 is 17.4 Å². The number of nitrogens with zero attached hydrogens (tertiary/aromatic N) is 1. The van der Waals surface area contributed by atoms with Crippen LogP contribution in [0.5, 0.6) is 23.0 Å². The Balaban J connectivity index is 1.60. The molecule has 0 radical (unpaired) electrons. The number of ether oxygens (including phenoxy) is 3. The average molecular weight is 502 g/mol. The number of phenols is 1. The molecule has 0 saturated carbocycles. The summed E-state index contributed by atoms with van der Waals surface area (Å²) in [6.07, 6.45) is 0.519. The number of Topliss-reactive ketones (excluding diaryl/α,β-unsaturated/α-hetero) is 1. The first-order chi connectivity index (χ1) is 18.0. The second kappa shape index (κ2) is 10.3. The predicted octanol–water partition coefficient (Wildman–Crippen LogP) is 4.23. The molecule has 2 heterocycles. The van der Waals surface area contributed by atoms with E-state index in [1.165, 1.54) is 11.0 Å². The van der Waals surface area contributed by atoms with Gasteiger partial charge in [0, 0.05) is 12.1 Å². The van der Waals surface area contributed by atoms with Crippen LogP contribution in [0.4, 0.5) is 0 Å². The van der Waals surface area contributed by atoms with Crippen molar-refractivity contribution in [3.8, 4) is 23.0 Å². The van der Waals surface area contributed by atoms with Crippen LogP contribution in [-0.4, -0.2) is 53.2 Å². The molecular formula is C29H27NO7. The second-order valence-electron chi connectivity index (χ2n) is 8.75. The molecule has 1 saturated heterocycles. The number of hydrogen-bond donors (Lipinski definition) is 2. The van der Waals surface area contributed by atoms with Crippen molar-refractivity contribution in [3.05, 3.63) is 89.0 Å². The van der Waals surface area contributed by atoms with Gasteiger partial charge in [0.05, 0.1) is 18.2 Å². The number of amides is 1. The lowest BCUT2D eigenvalue weighted by Crippen LogP contribution is -2.31. The molecule has 1 atom stereocenters. The van der Waals surface area contributed by atoms with Gasteiger partial charge in [-0.3, -0.25) is 9.59 Å². The molecule has 0 aromatic heterocycles. The van der Waals surface area contributed by atoms with E-state index in [4.69, 9.17) is 14.2 Å². The van der Waals surface area contributed by atoms with E-state index in [0.29, 0.717) is 48.9 Å². The van der Waals surface area contributed by atoms with Gasteiger partial charge in [-0.15, -0.1) is 0 Å². The molecule has 3 aromatic rings. The first-order valence-corrected chi connectivity index (χ1v) is 12.2. The van der Waals surface area contributed by atoms with Gasteiger partial charge >= 0.3 is 0 Å². The van der Waals surface area contributed by atoms with Crippen LogP contribution in [0.15, 0.2) is 72.3 Å². The lowest BCUT2D eigenvalue weighted by Gasteiger charge is -2.26. The lowest BCUT2D eigenvalue weighted by atomic mass is 9.94. The van der Waals surface area contributed by atoms with E-state index in [1.807, 2.05) is 30.3 Å². The number of aliphatic hydroxyl groups excluding tert-OH is 1.